The second-order valence-corrected chi connectivity index (χ2v) is 7.10. The summed E-state index contributed by atoms with van der Waals surface area (Å²) in [5, 5.41) is 9.95. The average molecular weight is 286 g/mol. The Hall–Kier alpha value is -0.920. The van der Waals surface area contributed by atoms with Crippen LogP contribution in [0.15, 0.2) is 5.03 Å². The SMILES string of the molecule is CNCc1c(S(=O)(=O)N2CCC(C)CC2)n[nH]c1C. The summed E-state index contributed by atoms with van der Waals surface area (Å²) < 4.78 is 26.8. The van der Waals surface area contributed by atoms with Crippen molar-refractivity contribution in [1.29, 1.82) is 0 Å². The van der Waals surface area contributed by atoms with Crippen LogP contribution in [0.4, 0.5) is 0 Å². The average Bonchev–Trinajstić information content (AvgIpc) is 2.73. The first-order chi connectivity index (χ1) is 8.96. The van der Waals surface area contributed by atoms with Gasteiger partial charge in [0.05, 0.1) is 0 Å². The maximum atomic E-state index is 12.6. The number of nitrogens with zero attached hydrogens (tertiary/aromatic N) is 2. The van der Waals surface area contributed by atoms with E-state index < -0.39 is 10.0 Å². The number of nitrogens with one attached hydrogen (secondary N) is 2. The van der Waals surface area contributed by atoms with E-state index in [0.29, 0.717) is 25.6 Å². The van der Waals surface area contributed by atoms with E-state index in [2.05, 4.69) is 22.4 Å². The minimum Gasteiger partial charge on any atom is -0.316 e. The monoisotopic (exact) mass is 286 g/mol. The lowest BCUT2D eigenvalue weighted by Gasteiger charge is -2.28. The van der Waals surface area contributed by atoms with Gasteiger partial charge in [-0.05, 0) is 32.7 Å². The maximum Gasteiger partial charge on any atom is 0.262 e. The number of rotatable bonds is 4. The molecule has 2 N–H and O–H groups in total. The van der Waals surface area contributed by atoms with Gasteiger partial charge in [-0.2, -0.15) is 9.40 Å². The third-order valence-electron chi connectivity index (χ3n) is 3.72. The molecule has 1 fully saturated rings. The number of H-pyrrole nitrogens is 1. The minimum absolute atomic E-state index is 0.175. The molecule has 0 spiro atoms. The predicted molar refractivity (Wildman–Crippen MR) is 73.2 cm³/mol. The molecule has 0 atom stereocenters. The first-order valence-corrected chi connectivity index (χ1v) is 8.09. The smallest absolute Gasteiger partial charge is 0.262 e. The summed E-state index contributed by atoms with van der Waals surface area (Å²) in [6.45, 7) is 5.69. The van der Waals surface area contributed by atoms with Crippen molar-refractivity contribution < 1.29 is 8.42 Å². The number of aromatic nitrogens is 2. The van der Waals surface area contributed by atoms with Crippen LogP contribution in [0, 0.1) is 12.8 Å². The molecule has 2 heterocycles. The molecule has 0 aliphatic carbocycles. The van der Waals surface area contributed by atoms with Crippen molar-refractivity contribution in [2.75, 3.05) is 20.1 Å². The molecule has 0 saturated carbocycles. The minimum atomic E-state index is -3.47. The zero-order valence-electron chi connectivity index (χ0n) is 11.7. The maximum absolute atomic E-state index is 12.6. The Kier molecular flexibility index (Phi) is 4.27. The lowest BCUT2D eigenvalue weighted by Crippen LogP contribution is -2.38. The van der Waals surface area contributed by atoms with E-state index >= 15 is 0 Å². The molecule has 7 heteroatoms. The third-order valence-corrected chi connectivity index (χ3v) is 5.59. The second-order valence-electron chi connectivity index (χ2n) is 5.25. The summed E-state index contributed by atoms with van der Waals surface area (Å²) in [7, 11) is -1.67. The Morgan fingerprint density at radius 2 is 2.05 bits per heavy atom. The van der Waals surface area contributed by atoms with E-state index in [4.69, 9.17) is 0 Å². The topological polar surface area (TPSA) is 78.1 Å². The van der Waals surface area contributed by atoms with Crippen molar-refractivity contribution in [2.45, 2.75) is 38.3 Å². The van der Waals surface area contributed by atoms with Crippen LogP contribution in [0.2, 0.25) is 0 Å². The third kappa shape index (κ3) is 2.82. The molecule has 0 radical (unpaired) electrons. The van der Waals surface area contributed by atoms with E-state index in [1.807, 2.05) is 6.92 Å². The molecule has 1 aromatic heterocycles. The number of piperidine rings is 1. The highest BCUT2D eigenvalue weighted by molar-refractivity contribution is 7.89. The van der Waals surface area contributed by atoms with Crippen LogP contribution >= 0.6 is 0 Å². The Labute approximate surface area is 114 Å². The Bertz CT molecular complexity index is 530. The van der Waals surface area contributed by atoms with Crippen molar-refractivity contribution in [3.63, 3.8) is 0 Å². The Morgan fingerprint density at radius 1 is 1.42 bits per heavy atom. The predicted octanol–water partition coefficient (Wildman–Crippen LogP) is 0.858. The first kappa shape index (κ1) is 14.5. The molecule has 0 unspecified atom stereocenters. The summed E-state index contributed by atoms with van der Waals surface area (Å²) in [4.78, 5) is 0. The van der Waals surface area contributed by atoms with E-state index in [0.717, 1.165) is 24.1 Å². The Morgan fingerprint density at radius 3 is 2.63 bits per heavy atom. The fourth-order valence-corrected chi connectivity index (χ4v) is 4.01. The van der Waals surface area contributed by atoms with E-state index in [1.165, 1.54) is 0 Å². The molecular weight excluding hydrogens is 264 g/mol. The van der Waals surface area contributed by atoms with Crippen molar-refractivity contribution >= 4 is 10.0 Å². The summed E-state index contributed by atoms with van der Waals surface area (Å²) in [5.41, 5.74) is 1.54. The molecule has 1 saturated heterocycles. The van der Waals surface area contributed by atoms with Crippen molar-refractivity contribution in [1.82, 2.24) is 19.8 Å². The van der Waals surface area contributed by atoms with Gasteiger partial charge in [0.2, 0.25) is 0 Å². The van der Waals surface area contributed by atoms with E-state index in [1.54, 1.807) is 11.4 Å². The Balaban J connectivity index is 2.29. The van der Waals surface area contributed by atoms with Gasteiger partial charge in [-0.1, -0.05) is 6.92 Å². The van der Waals surface area contributed by atoms with Gasteiger partial charge in [0.25, 0.3) is 10.0 Å². The molecule has 108 valence electrons. The summed E-state index contributed by atoms with van der Waals surface area (Å²) in [6.07, 6.45) is 1.84. The van der Waals surface area contributed by atoms with Crippen LogP contribution in [0.25, 0.3) is 0 Å². The lowest BCUT2D eigenvalue weighted by atomic mass is 10.0. The van der Waals surface area contributed by atoms with Crippen LogP contribution in [0.3, 0.4) is 0 Å². The van der Waals surface area contributed by atoms with Crippen molar-refractivity contribution in [3.8, 4) is 0 Å². The number of aromatic amines is 1. The molecule has 0 aromatic carbocycles. The molecule has 19 heavy (non-hydrogen) atoms. The molecule has 1 aliphatic rings. The second kappa shape index (κ2) is 5.60. The normalized spacial score (nSPS) is 18.9. The number of aryl methyl sites for hydroxylation is 1. The fourth-order valence-electron chi connectivity index (χ4n) is 2.38. The lowest BCUT2D eigenvalue weighted by molar-refractivity contribution is 0.287. The first-order valence-electron chi connectivity index (χ1n) is 6.65. The van der Waals surface area contributed by atoms with Gasteiger partial charge in [-0.3, -0.25) is 5.10 Å². The van der Waals surface area contributed by atoms with Gasteiger partial charge in [-0.15, -0.1) is 0 Å². The van der Waals surface area contributed by atoms with Crippen LogP contribution in [-0.4, -0.2) is 43.1 Å². The van der Waals surface area contributed by atoms with Crippen LogP contribution in [0.5, 0.6) is 0 Å². The quantitative estimate of drug-likeness (QED) is 0.860. The van der Waals surface area contributed by atoms with E-state index in [-0.39, 0.29) is 5.03 Å². The highest BCUT2D eigenvalue weighted by Gasteiger charge is 2.32. The number of sulfonamides is 1. The van der Waals surface area contributed by atoms with Gasteiger partial charge in [-0.25, -0.2) is 8.42 Å². The number of hydrogen-bond donors (Lipinski definition) is 2. The largest absolute Gasteiger partial charge is 0.316 e. The molecule has 2 rings (SSSR count). The van der Waals surface area contributed by atoms with Gasteiger partial charge >= 0.3 is 0 Å². The van der Waals surface area contributed by atoms with Crippen LogP contribution in [0.1, 0.15) is 31.0 Å². The van der Waals surface area contributed by atoms with Gasteiger partial charge in [0.15, 0.2) is 5.03 Å². The standard InChI is InChI=1S/C12H22N4O2S/c1-9-4-6-16(7-5-9)19(17,18)12-11(8-13-3)10(2)14-15-12/h9,13H,4-8H2,1-3H3,(H,14,15). The highest BCUT2D eigenvalue weighted by Crippen LogP contribution is 2.25. The highest BCUT2D eigenvalue weighted by atomic mass is 32.2. The summed E-state index contributed by atoms with van der Waals surface area (Å²) in [6, 6.07) is 0. The zero-order chi connectivity index (χ0) is 14.0. The molecule has 1 aromatic rings. The van der Waals surface area contributed by atoms with E-state index in [9.17, 15) is 8.42 Å². The van der Waals surface area contributed by atoms with Crippen LogP contribution < -0.4 is 5.32 Å². The zero-order valence-corrected chi connectivity index (χ0v) is 12.5. The van der Waals surface area contributed by atoms with Crippen molar-refractivity contribution in [2.24, 2.45) is 5.92 Å². The molecule has 6 nitrogen and oxygen atoms in total. The fraction of sp³-hybridized carbons (Fsp3) is 0.750. The molecular formula is C12H22N4O2S. The molecule has 0 amide bonds. The summed E-state index contributed by atoms with van der Waals surface area (Å²) in [5.74, 6) is 0.601. The van der Waals surface area contributed by atoms with Gasteiger partial charge in [0.1, 0.15) is 0 Å². The number of hydrogen-bond acceptors (Lipinski definition) is 4. The summed E-state index contributed by atoms with van der Waals surface area (Å²) >= 11 is 0. The van der Waals surface area contributed by atoms with Gasteiger partial charge < -0.3 is 5.32 Å². The van der Waals surface area contributed by atoms with Crippen molar-refractivity contribution in [3.05, 3.63) is 11.3 Å². The molecule has 1 aliphatic heterocycles. The van der Waals surface area contributed by atoms with Gasteiger partial charge in [0, 0.05) is 30.9 Å². The molecule has 0 bridgehead atoms. The van der Waals surface area contributed by atoms with Crippen LogP contribution in [-0.2, 0) is 16.6 Å².